The zero-order valence-corrected chi connectivity index (χ0v) is 10.1. The van der Waals surface area contributed by atoms with Crippen molar-refractivity contribution in [1.29, 1.82) is 0 Å². The second-order valence-corrected chi connectivity index (χ2v) is 3.62. The van der Waals surface area contributed by atoms with E-state index in [2.05, 4.69) is 9.98 Å². The molecule has 0 bridgehead atoms. The number of nitrogens with zero attached hydrogens (tertiary/aromatic N) is 2. The smallest absolute Gasteiger partial charge is 0.357 e. The third kappa shape index (κ3) is 2.85. The summed E-state index contributed by atoms with van der Waals surface area (Å²) in [4.78, 5) is 20.5. The minimum Gasteiger partial charge on any atom is -0.461 e. The van der Waals surface area contributed by atoms with E-state index in [4.69, 9.17) is 4.74 Å². The molecule has 0 unspecified atom stereocenters. The summed E-state index contributed by atoms with van der Waals surface area (Å²) in [6, 6.07) is 0. The molecule has 1 aromatic heterocycles. The van der Waals surface area contributed by atoms with Crippen molar-refractivity contribution in [3.8, 4) is 0 Å². The molecule has 1 N–H and O–H groups in total. The van der Waals surface area contributed by atoms with Gasteiger partial charge in [0.05, 0.1) is 12.9 Å². The van der Waals surface area contributed by atoms with Crippen LogP contribution in [0.5, 0.6) is 0 Å². The van der Waals surface area contributed by atoms with Gasteiger partial charge in [0.25, 0.3) is 0 Å². The van der Waals surface area contributed by atoms with Crippen LogP contribution in [0.4, 0.5) is 5.69 Å². The van der Waals surface area contributed by atoms with Crippen molar-refractivity contribution >= 4 is 18.0 Å². The van der Waals surface area contributed by atoms with E-state index in [9.17, 15) is 4.79 Å². The van der Waals surface area contributed by atoms with E-state index in [0.717, 1.165) is 5.56 Å². The van der Waals surface area contributed by atoms with Gasteiger partial charge < -0.3 is 14.6 Å². The average molecular weight is 223 g/mol. The number of aromatic nitrogens is 1. The lowest BCUT2D eigenvalue weighted by molar-refractivity contribution is 0.0521. The van der Waals surface area contributed by atoms with E-state index < -0.39 is 0 Å². The predicted molar refractivity (Wildman–Crippen MR) is 63.3 cm³/mol. The number of ether oxygens (including phenoxy) is 1. The molecular weight excluding hydrogens is 206 g/mol. The van der Waals surface area contributed by atoms with Crippen molar-refractivity contribution in [3.05, 3.63) is 17.5 Å². The van der Waals surface area contributed by atoms with E-state index in [-0.39, 0.29) is 5.97 Å². The van der Waals surface area contributed by atoms with Crippen LogP contribution < -0.4 is 0 Å². The number of esters is 1. The number of aryl methyl sites for hydroxylation is 1. The minimum atomic E-state index is -0.374. The fourth-order valence-electron chi connectivity index (χ4n) is 1.21. The van der Waals surface area contributed by atoms with Gasteiger partial charge in [0, 0.05) is 20.3 Å². The van der Waals surface area contributed by atoms with Crippen LogP contribution in [0.3, 0.4) is 0 Å². The third-order valence-corrected chi connectivity index (χ3v) is 1.94. The molecule has 0 amide bonds. The number of aliphatic imine (C=N–C) groups is 1. The lowest BCUT2D eigenvalue weighted by Gasteiger charge is -2.04. The first-order valence-electron chi connectivity index (χ1n) is 5.12. The molecule has 0 saturated heterocycles. The summed E-state index contributed by atoms with van der Waals surface area (Å²) in [5, 5.41) is 0. The Morgan fingerprint density at radius 1 is 1.62 bits per heavy atom. The van der Waals surface area contributed by atoms with Crippen LogP contribution in [-0.2, 0) is 4.74 Å². The van der Waals surface area contributed by atoms with Crippen molar-refractivity contribution in [3.63, 3.8) is 0 Å². The molecule has 5 heteroatoms. The van der Waals surface area contributed by atoms with Crippen molar-refractivity contribution < 1.29 is 9.53 Å². The van der Waals surface area contributed by atoms with Crippen molar-refractivity contribution in [2.45, 2.75) is 13.8 Å². The van der Waals surface area contributed by atoms with Crippen LogP contribution in [0.15, 0.2) is 11.2 Å². The largest absolute Gasteiger partial charge is 0.461 e. The average Bonchev–Trinajstić information content (AvgIpc) is 2.57. The Morgan fingerprint density at radius 3 is 2.88 bits per heavy atom. The molecule has 0 saturated carbocycles. The molecule has 16 heavy (non-hydrogen) atoms. The Labute approximate surface area is 95.1 Å². The molecular formula is C11H17N3O2. The number of hydrogen-bond acceptors (Lipinski definition) is 3. The first kappa shape index (κ1) is 12.3. The molecule has 0 atom stereocenters. The van der Waals surface area contributed by atoms with Crippen LogP contribution in [0, 0.1) is 6.92 Å². The fourth-order valence-corrected chi connectivity index (χ4v) is 1.21. The summed E-state index contributed by atoms with van der Waals surface area (Å²) in [5.41, 5.74) is 1.95. The highest BCUT2D eigenvalue weighted by molar-refractivity contribution is 5.94. The van der Waals surface area contributed by atoms with Gasteiger partial charge in [-0.2, -0.15) is 0 Å². The highest BCUT2D eigenvalue weighted by atomic mass is 16.5. The number of rotatable bonds is 4. The molecule has 1 aromatic rings. The number of hydrogen-bond donors (Lipinski definition) is 1. The van der Waals surface area contributed by atoms with Crippen LogP contribution in [0.1, 0.15) is 23.0 Å². The fraction of sp³-hybridized carbons (Fsp3) is 0.455. The van der Waals surface area contributed by atoms with Gasteiger partial charge in [0.2, 0.25) is 0 Å². The lowest BCUT2D eigenvalue weighted by atomic mass is 10.3. The number of aromatic amines is 1. The molecule has 0 aromatic carbocycles. The Balaban J connectivity index is 2.98. The molecule has 5 nitrogen and oxygen atoms in total. The number of H-pyrrole nitrogens is 1. The molecule has 0 aliphatic heterocycles. The SMILES string of the molecule is CCOC(=O)c1[nH]cc(C)c1N=CN(C)C. The Bertz CT molecular complexity index is 394. The topological polar surface area (TPSA) is 57.7 Å². The van der Waals surface area contributed by atoms with Gasteiger partial charge in [-0.05, 0) is 19.4 Å². The van der Waals surface area contributed by atoms with E-state index in [1.165, 1.54) is 0 Å². The zero-order chi connectivity index (χ0) is 12.1. The third-order valence-electron chi connectivity index (χ3n) is 1.94. The van der Waals surface area contributed by atoms with Crippen molar-refractivity contribution in [2.75, 3.05) is 20.7 Å². The molecule has 1 heterocycles. The Kier molecular flexibility index (Phi) is 4.10. The van der Waals surface area contributed by atoms with Gasteiger partial charge in [-0.3, -0.25) is 0 Å². The second-order valence-electron chi connectivity index (χ2n) is 3.62. The molecule has 1 rings (SSSR count). The monoisotopic (exact) mass is 223 g/mol. The van der Waals surface area contributed by atoms with E-state index in [0.29, 0.717) is 18.0 Å². The highest BCUT2D eigenvalue weighted by Gasteiger charge is 2.15. The summed E-state index contributed by atoms with van der Waals surface area (Å²) in [5.74, 6) is -0.374. The molecule has 0 aliphatic carbocycles. The summed E-state index contributed by atoms with van der Waals surface area (Å²) in [6.45, 7) is 4.02. The molecule has 0 spiro atoms. The summed E-state index contributed by atoms with van der Waals surface area (Å²) in [7, 11) is 3.74. The number of carbonyl (C=O) groups excluding carboxylic acids is 1. The van der Waals surface area contributed by atoms with Crippen molar-refractivity contribution in [2.24, 2.45) is 4.99 Å². The molecule has 0 fully saturated rings. The Morgan fingerprint density at radius 2 is 2.31 bits per heavy atom. The summed E-state index contributed by atoms with van der Waals surface area (Å²) >= 11 is 0. The van der Waals surface area contributed by atoms with Crippen LogP contribution in [-0.4, -0.2) is 42.9 Å². The van der Waals surface area contributed by atoms with E-state index >= 15 is 0 Å². The lowest BCUT2D eigenvalue weighted by Crippen LogP contribution is -2.08. The number of carbonyl (C=O) groups is 1. The maximum absolute atomic E-state index is 11.6. The standard InChI is InChI=1S/C11H17N3O2/c1-5-16-11(15)10-9(8(2)6-12-10)13-7-14(3)4/h6-7,12H,5H2,1-4H3. The predicted octanol–water partition coefficient (Wildman–Crippen LogP) is 1.72. The van der Waals surface area contributed by atoms with Gasteiger partial charge in [-0.1, -0.05) is 0 Å². The van der Waals surface area contributed by atoms with Crippen LogP contribution >= 0.6 is 0 Å². The van der Waals surface area contributed by atoms with Crippen LogP contribution in [0.25, 0.3) is 0 Å². The maximum atomic E-state index is 11.6. The second kappa shape index (κ2) is 5.34. The summed E-state index contributed by atoms with van der Waals surface area (Å²) < 4.78 is 4.93. The molecule has 0 aliphatic rings. The summed E-state index contributed by atoms with van der Waals surface area (Å²) in [6.07, 6.45) is 3.40. The van der Waals surface area contributed by atoms with Crippen LogP contribution in [0.2, 0.25) is 0 Å². The van der Waals surface area contributed by atoms with Gasteiger partial charge >= 0.3 is 5.97 Å². The van der Waals surface area contributed by atoms with Gasteiger partial charge in [-0.25, -0.2) is 9.79 Å². The quantitative estimate of drug-likeness (QED) is 0.480. The first-order chi connectivity index (χ1) is 7.56. The molecule has 88 valence electrons. The Hall–Kier alpha value is -1.78. The maximum Gasteiger partial charge on any atom is 0.357 e. The zero-order valence-electron chi connectivity index (χ0n) is 10.1. The van der Waals surface area contributed by atoms with Crippen molar-refractivity contribution in [1.82, 2.24) is 9.88 Å². The first-order valence-corrected chi connectivity index (χ1v) is 5.12. The van der Waals surface area contributed by atoms with E-state index in [1.54, 1.807) is 24.4 Å². The van der Waals surface area contributed by atoms with E-state index in [1.807, 2.05) is 21.0 Å². The minimum absolute atomic E-state index is 0.355. The number of nitrogens with one attached hydrogen (secondary N) is 1. The molecule has 0 radical (unpaired) electrons. The highest BCUT2D eigenvalue weighted by Crippen LogP contribution is 2.23. The normalized spacial score (nSPS) is 10.8. The van der Waals surface area contributed by atoms with Gasteiger partial charge in [-0.15, -0.1) is 0 Å². The van der Waals surface area contributed by atoms with Gasteiger partial charge in [0.1, 0.15) is 5.69 Å². The van der Waals surface area contributed by atoms with Gasteiger partial charge in [0.15, 0.2) is 5.69 Å².